The van der Waals surface area contributed by atoms with Crippen molar-refractivity contribution < 1.29 is 29.3 Å². The van der Waals surface area contributed by atoms with E-state index in [-0.39, 0.29) is 23.4 Å². The van der Waals surface area contributed by atoms with E-state index in [9.17, 15) is 24.6 Å². The lowest BCUT2D eigenvalue weighted by Crippen LogP contribution is -2.29. The van der Waals surface area contributed by atoms with Gasteiger partial charge in [-0.3, -0.25) is 9.59 Å². The molecule has 1 aromatic carbocycles. The van der Waals surface area contributed by atoms with Gasteiger partial charge in [0.15, 0.2) is 6.10 Å². The summed E-state index contributed by atoms with van der Waals surface area (Å²) < 4.78 is 4.60. The van der Waals surface area contributed by atoms with Crippen LogP contribution in [0.4, 0.5) is 5.69 Å². The lowest BCUT2D eigenvalue weighted by molar-refractivity contribution is -0.159. The molecular formula is C13H13NO6. The van der Waals surface area contributed by atoms with Crippen LogP contribution in [0, 0.1) is 0 Å². The number of carbonyl (C=O) groups excluding carboxylic acids is 3. The predicted octanol–water partition coefficient (Wildman–Crippen LogP) is -0.221. The van der Waals surface area contributed by atoms with Gasteiger partial charge >= 0.3 is 5.97 Å². The molecule has 0 fully saturated rings. The molecule has 2 unspecified atom stereocenters. The van der Waals surface area contributed by atoms with Crippen molar-refractivity contribution in [1.29, 1.82) is 0 Å². The van der Waals surface area contributed by atoms with E-state index in [2.05, 4.69) is 10.1 Å². The van der Waals surface area contributed by atoms with Crippen LogP contribution in [-0.4, -0.2) is 40.6 Å². The average Bonchev–Trinajstić information content (AvgIpc) is 2.72. The Labute approximate surface area is 114 Å². The summed E-state index contributed by atoms with van der Waals surface area (Å²) in [7, 11) is 0. The third-order valence-corrected chi connectivity index (χ3v) is 2.91. The van der Waals surface area contributed by atoms with Crippen molar-refractivity contribution in [3.63, 3.8) is 0 Å². The average molecular weight is 279 g/mol. The Kier molecular flexibility index (Phi) is 3.82. The third-order valence-electron chi connectivity index (χ3n) is 2.91. The predicted molar refractivity (Wildman–Crippen MR) is 67.0 cm³/mol. The molecule has 7 heteroatoms. The van der Waals surface area contributed by atoms with Crippen molar-refractivity contribution >= 4 is 23.3 Å². The first kappa shape index (κ1) is 14.2. The standard InChI is InChI=1S/C13H13NO6/c1-2-20-13(19)11(17)9(15)6-3-4-7-8(5-6)14-12(18)10(7)16/h3-5,9,11,15,17H,2H2,1H3,(H,14,16,18). The zero-order chi connectivity index (χ0) is 14.9. The van der Waals surface area contributed by atoms with Gasteiger partial charge in [0.05, 0.1) is 17.9 Å². The number of amides is 1. The second-order valence-electron chi connectivity index (χ2n) is 4.23. The molecule has 2 atom stereocenters. The van der Waals surface area contributed by atoms with E-state index in [0.717, 1.165) is 0 Å². The second-order valence-corrected chi connectivity index (χ2v) is 4.23. The van der Waals surface area contributed by atoms with Gasteiger partial charge in [0.25, 0.3) is 11.7 Å². The summed E-state index contributed by atoms with van der Waals surface area (Å²) in [5, 5.41) is 21.9. The Morgan fingerprint density at radius 3 is 2.70 bits per heavy atom. The fourth-order valence-corrected chi connectivity index (χ4v) is 1.89. The molecule has 2 rings (SSSR count). The van der Waals surface area contributed by atoms with E-state index < -0.39 is 29.9 Å². The maximum atomic E-state index is 11.4. The number of hydrogen-bond donors (Lipinski definition) is 3. The van der Waals surface area contributed by atoms with Crippen LogP contribution < -0.4 is 5.32 Å². The minimum Gasteiger partial charge on any atom is -0.464 e. The maximum Gasteiger partial charge on any atom is 0.338 e. The normalized spacial score (nSPS) is 16.4. The zero-order valence-corrected chi connectivity index (χ0v) is 10.6. The van der Waals surface area contributed by atoms with Gasteiger partial charge < -0.3 is 20.3 Å². The third kappa shape index (κ3) is 2.40. The maximum absolute atomic E-state index is 11.4. The van der Waals surface area contributed by atoms with Crippen molar-refractivity contribution in [3.8, 4) is 0 Å². The SMILES string of the molecule is CCOC(=O)C(O)C(O)c1ccc2c(c1)NC(=O)C2=O. The Morgan fingerprint density at radius 1 is 1.35 bits per heavy atom. The summed E-state index contributed by atoms with van der Waals surface area (Å²) in [6.07, 6.45) is -3.24. The van der Waals surface area contributed by atoms with Crippen molar-refractivity contribution in [2.45, 2.75) is 19.1 Å². The van der Waals surface area contributed by atoms with Crippen molar-refractivity contribution in [1.82, 2.24) is 0 Å². The first-order valence-corrected chi connectivity index (χ1v) is 5.98. The van der Waals surface area contributed by atoms with Crippen LogP contribution in [0.5, 0.6) is 0 Å². The number of esters is 1. The highest BCUT2D eigenvalue weighted by Crippen LogP contribution is 2.28. The first-order valence-electron chi connectivity index (χ1n) is 5.98. The van der Waals surface area contributed by atoms with Crippen LogP contribution >= 0.6 is 0 Å². The number of ether oxygens (including phenoxy) is 1. The summed E-state index contributed by atoms with van der Waals surface area (Å²) >= 11 is 0. The van der Waals surface area contributed by atoms with Gasteiger partial charge in [0, 0.05) is 0 Å². The molecule has 20 heavy (non-hydrogen) atoms. The van der Waals surface area contributed by atoms with Gasteiger partial charge in [0.2, 0.25) is 0 Å². The number of benzene rings is 1. The van der Waals surface area contributed by atoms with Crippen molar-refractivity contribution in [3.05, 3.63) is 29.3 Å². The topological polar surface area (TPSA) is 113 Å². The molecule has 3 N–H and O–H groups in total. The smallest absolute Gasteiger partial charge is 0.338 e. The van der Waals surface area contributed by atoms with Gasteiger partial charge in [-0.05, 0) is 24.6 Å². The number of fused-ring (bicyclic) bond motifs is 1. The van der Waals surface area contributed by atoms with E-state index in [4.69, 9.17) is 0 Å². The minimum absolute atomic E-state index is 0.0807. The molecule has 0 saturated heterocycles. The van der Waals surface area contributed by atoms with Gasteiger partial charge in [-0.2, -0.15) is 0 Å². The molecule has 0 spiro atoms. The number of nitrogens with one attached hydrogen (secondary N) is 1. The van der Waals surface area contributed by atoms with Crippen LogP contribution in [0.25, 0.3) is 0 Å². The molecule has 7 nitrogen and oxygen atoms in total. The molecule has 1 aliphatic heterocycles. The summed E-state index contributed by atoms with van der Waals surface area (Å²) in [4.78, 5) is 33.9. The number of aliphatic hydroxyl groups is 2. The number of ketones is 1. The largest absolute Gasteiger partial charge is 0.464 e. The fraction of sp³-hybridized carbons (Fsp3) is 0.308. The number of aliphatic hydroxyl groups excluding tert-OH is 2. The molecule has 1 heterocycles. The van der Waals surface area contributed by atoms with E-state index in [1.165, 1.54) is 18.2 Å². The molecule has 0 bridgehead atoms. The van der Waals surface area contributed by atoms with Crippen LogP contribution in [-0.2, 0) is 14.3 Å². The van der Waals surface area contributed by atoms with Crippen molar-refractivity contribution in [2.75, 3.05) is 11.9 Å². The molecule has 0 aromatic heterocycles. The highest BCUT2D eigenvalue weighted by molar-refractivity contribution is 6.51. The lowest BCUT2D eigenvalue weighted by Gasteiger charge is -2.17. The summed E-state index contributed by atoms with van der Waals surface area (Å²) in [5.74, 6) is -2.36. The van der Waals surface area contributed by atoms with Gasteiger partial charge in [-0.1, -0.05) is 6.07 Å². The molecule has 1 amide bonds. The number of Topliss-reactive ketones (excluding diaryl/α,β-unsaturated/α-hetero) is 1. The Hall–Kier alpha value is -2.25. The van der Waals surface area contributed by atoms with Crippen molar-refractivity contribution in [2.24, 2.45) is 0 Å². The molecular weight excluding hydrogens is 266 g/mol. The molecule has 1 aromatic rings. The summed E-state index contributed by atoms with van der Waals surface area (Å²) in [6.45, 7) is 1.66. The van der Waals surface area contributed by atoms with Crippen LogP contribution in [0.3, 0.4) is 0 Å². The van der Waals surface area contributed by atoms with Gasteiger partial charge in [-0.15, -0.1) is 0 Å². The second kappa shape index (κ2) is 5.40. The highest BCUT2D eigenvalue weighted by Gasteiger charge is 2.31. The Bertz CT molecular complexity index is 582. The van der Waals surface area contributed by atoms with Gasteiger partial charge in [0.1, 0.15) is 6.10 Å². The van der Waals surface area contributed by atoms with Gasteiger partial charge in [-0.25, -0.2) is 4.79 Å². The quantitative estimate of drug-likeness (QED) is 0.518. The van der Waals surface area contributed by atoms with E-state index >= 15 is 0 Å². The van der Waals surface area contributed by atoms with E-state index in [1.54, 1.807) is 6.92 Å². The van der Waals surface area contributed by atoms with E-state index in [1.807, 2.05) is 0 Å². The highest BCUT2D eigenvalue weighted by atomic mass is 16.5. The Balaban J connectivity index is 2.23. The van der Waals surface area contributed by atoms with Crippen LogP contribution in [0.15, 0.2) is 18.2 Å². The zero-order valence-electron chi connectivity index (χ0n) is 10.6. The van der Waals surface area contributed by atoms with E-state index in [0.29, 0.717) is 0 Å². The molecule has 0 saturated carbocycles. The molecule has 0 radical (unpaired) electrons. The monoisotopic (exact) mass is 279 g/mol. The Morgan fingerprint density at radius 2 is 2.05 bits per heavy atom. The number of anilines is 1. The summed E-state index contributed by atoms with van der Waals surface area (Å²) in [6, 6.07) is 4.06. The number of carbonyl (C=O) groups is 3. The number of rotatable bonds is 4. The van der Waals surface area contributed by atoms with Crippen LogP contribution in [0.1, 0.15) is 28.9 Å². The minimum atomic E-state index is -1.74. The lowest BCUT2D eigenvalue weighted by atomic mass is 10.0. The molecule has 1 aliphatic rings. The first-order chi connectivity index (χ1) is 9.45. The van der Waals surface area contributed by atoms with Crippen LogP contribution in [0.2, 0.25) is 0 Å². The molecule has 106 valence electrons. The number of hydrogen-bond acceptors (Lipinski definition) is 6. The summed E-state index contributed by atoms with van der Waals surface area (Å²) in [5.41, 5.74) is 0.628. The fourth-order valence-electron chi connectivity index (χ4n) is 1.89. The molecule has 0 aliphatic carbocycles.